The molecule has 1 fully saturated rings. The van der Waals surface area contributed by atoms with Gasteiger partial charge in [-0.1, -0.05) is 24.3 Å². The van der Waals surface area contributed by atoms with Crippen molar-refractivity contribution in [2.24, 2.45) is 0 Å². The molecule has 28 heavy (non-hydrogen) atoms. The summed E-state index contributed by atoms with van der Waals surface area (Å²) in [4.78, 5) is 2.13. The van der Waals surface area contributed by atoms with Gasteiger partial charge < -0.3 is 9.64 Å². The van der Waals surface area contributed by atoms with Crippen molar-refractivity contribution in [2.75, 3.05) is 18.0 Å². The highest BCUT2D eigenvalue weighted by atomic mass is 19.4. The molecule has 6 heteroatoms. The van der Waals surface area contributed by atoms with Gasteiger partial charge in [0, 0.05) is 23.7 Å². The number of rotatable bonds is 3. The molecular weight excluding hydrogens is 367 g/mol. The molecule has 0 aliphatic carbocycles. The minimum absolute atomic E-state index is 0.0421. The Hall–Kier alpha value is -2.89. The molecule has 1 saturated heterocycles. The zero-order valence-corrected chi connectivity index (χ0v) is 15.1. The normalized spacial score (nSPS) is 17.7. The highest BCUT2D eigenvalue weighted by Crippen LogP contribution is 2.34. The van der Waals surface area contributed by atoms with E-state index in [2.05, 4.69) is 4.90 Å². The molecule has 1 aliphatic heterocycles. The summed E-state index contributed by atoms with van der Waals surface area (Å²) in [7, 11) is 0. The van der Waals surface area contributed by atoms with E-state index in [1.165, 1.54) is 12.1 Å². The summed E-state index contributed by atoms with van der Waals surface area (Å²) in [5.74, 6) is 0.377. The Morgan fingerprint density at radius 2 is 1.75 bits per heavy atom. The first-order valence-corrected chi connectivity index (χ1v) is 9.19. The minimum atomic E-state index is -4.36. The van der Waals surface area contributed by atoms with Crippen LogP contribution in [0.2, 0.25) is 0 Å². The Balaban J connectivity index is 1.52. The SMILES string of the molecule is [O]c1cc(N2CCCC(Oc3ccc(C(F)(F)F)cc3)C2)c2ccccc2c1. The highest BCUT2D eigenvalue weighted by Gasteiger charge is 2.30. The van der Waals surface area contributed by atoms with Crippen LogP contribution in [-0.4, -0.2) is 19.2 Å². The van der Waals surface area contributed by atoms with Crippen LogP contribution in [0.3, 0.4) is 0 Å². The van der Waals surface area contributed by atoms with Crippen LogP contribution in [0.1, 0.15) is 18.4 Å². The van der Waals surface area contributed by atoms with Gasteiger partial charge in [-0.15, -0.1) is 0 Å². The van der Waals surface area contributed by atoms with E-state index >= 15 is 0 Å². The monoisotopic (exact) mass is 386 g/mol. The molecule has 0 amide bonds. The average molecular weight is 386 g/mol. The third-order valence-electron chi connectivity index (χ3n) is 5.02. The van der Waals surface area contributed by atoms with E-state index in [4.69, 9.17) is 4.74 Å². The Morgan fingerprint density at radius 3 is 2.50 bits per heavy atom. The summed E-state index contributed by atoms with van der Waals surface area (Å²) >= 11 is 0. The zero-order chi connectivity index (χ0) is 19.7. The first kappa shape index (κ1) is 18.5. The zero-order valence-electron chi connectivity index (χ0n) is 15.1. The van der Waals surface area contributed by atoms with Gasteiger partial charge in [0.1, 0.15) is 11.9 Å². The van der Waals surface area contributed by atoms with Crippen molar-refractivity contribution in [3.63, 3.8) is 0 Å². The second kappa shape index (κ2) is 7.26. The number of fused-ring (bicyclic) bond motifs is 1. The first-order chi connectivity index (χ1) is 13.4. The maximum atomic E-state index is 12.7. The summed E-state index contributed by atoms with van der Waals surface area (Å²) in [6, 6.07) is 15.8. The van der Waals surface area contributed by atoms with Gasteiger partial charge in [0.15, 0.2) is 5.75 Å². The molecule has 0 spiro atoms. The second-order valence-corrected chi connectivity index (χ2v) is 7.01. The molecule has 3 aromatic rings. The topological polar surface area (TPSA) is 32.4 Å². The smallest absolute Gasteiger partial charge is 0.416 e. The van der Waals surface area contributed by atoms with Crippen LogP contribution >= 0.6 is 0 Å². The number of halogens is 3. The Bertz CT molecular complexity index is 970. The fourth-order valence-corrected chi connectivity index (χ4v) is 3.69. The molecule has 1 radical (unpaired) electrons. The number of hydrogen-bond donors (Lipinski definition) is 0. The molecule has 3 nitrogen and oxygen atoms in total. The number of anilines is 1. The second-order valence-electron chi connectivity index (χ2n) is 7.01. The minimum Gasteiger partial charge on any atom is -0.489 e. The van der Waals surface area contributed by atoms with E-state index in [-0.39, 0.29) is 11.9 Å². The van der Waals surface area contributed by atoms with Crippen LogP contribution < -0.4 is 9.64 Å². The molecule has 0 aromatic heterocycles. The molecule has 3 aromatic carbocycles. The number of piperidine rings is 1. The van der Waals surface area contributed by atoms with E-state index < -0.39 is 11.7 Å². The van der Waals surface area contributed by atoms with Crippen LogP contribution in [-0.2, 0) is 11.3 Å². The van der Waals surface area contributed by atoms with Crippen LogP contribution in [0, 0.1) is 0 Å². The van der Waals surface area contributed by atoms with Gasteiger partial charge in [-0.2, -0.15) is 13.2 Å². The third-order valence-corrected chi connectivity index (χ3v) is 5.02. The lowest BCUT2D eigenvalue weighted by molar-refractivity contribution is -0.137. The van der Waals surface area contributed by atoms with Crippen molar-refractivity contribution in [3.05, 3.63) is 66.2 Å². The molecule has 0 bridgehead atoms. The lowest BCUT2D eigenvalue weighted by Gasteiger charge is -2.35. The van der Waals surface area contributed by atoms with Crippen molar-refractivity contribution in [1.29, 1.82) is 0 Å². The molecule has 0 saturated carbocycles. The fraction of sp³-hybridized carbons (Fsp3) is 0.273. The number of ether oxygens (including phenoxy) is 1. The summed E-state index contributed by atoms with van der Waals surface area (Å²) in [5.41, 5.74) is 0.188. The van der Waals surface area contributed by atoms with Crippen LogP contribution in [0.5, 0.6) is 11.5 Å². The summed E-state index contributed by atoms with van der Waals surface area (Å²) < 4.78 is 44.0. The number of nitrogens with zero attached hydrogens (tertiary/aromatic N) is 1. The van der Waals surface area contributed by atoms with Gasteiger partial charge in [-0.25, -0.2) is 0 Å². The Morgan fingerprint density at radius 1 is 1.00 bits per heavy atom. The fourth-order valence-electron chi connectivity index (χ4n) is 3.69. The van der Waals surface area contributed by atoms with Gasteiger partial charge in [0.05, 0.1) is 12.1 Å². The summed E-state index contributed by atoms with van der Waals surface area (Å²) in [6.45, 7) is 1.38. The van der Waals surface area contributed by atoms with E-state index in [1.807, 2.05) is 24.3 Å². The van der Waals surface area contributed by atoms with Gasteiger partial charge in [-0.05, 0) is 48.6 Å². The predicted octanol–water partition coefficient (Wildman–Crippen LogP) is 6.05. The molecule has 0 N–H and O–H groups in total. The quantitative estimate of drug-likeness (QED) is 0.549. The van der Waals surface area contributed by atoms with E-state index in [0.717, 1.165) is 48.0 Å². The van der Waals surface area contributed by atoms with E-state index in [0.29, 0.717) is 12.3 Å². The highest BCUT2D eigenvalue weighted by molar-refractivity contribution is 5.95. The first-order valence-electron chi connectivity index (χ1n) is 9.19. The summed E-state index contributed by atoms with van der Waals surface area (Å²) in [5, 5.41) is 14.0. The van der Waals surface area contributed by atoms with E-state index in [1.54, 1.807) is 12.1 Å². The lowest BCUT2D eigenvalue weighted by Crippen LogP contribution is -2.41. The van der Waals surface area contributed by atoms with Crippen LogP contribution in [0.4, 0.5) is 18.9 Å². The van der Waals surface area contributed by atoms with Gasteiger partial charge >= 0.3 is 6.18 Å². The van der Waals surface area contributed by atoms with E-state index in [9.17, 15) is 18.3 Å². The third kappa shape index (κ3) is 3.86. The Labute approximate surface area is 161 Å². The molecule has 1 heterocycles. The van der Waals surface area contributed by atoms with Crippen LogP contribution in [0.25, 0.3) is 10.8 Å². The molecule has 4 rings (SSSR count). The van der Waals surface area contributed by atoms with Crippen molar-refractivity contribution >= 4 is 16.5 Å². The molecule has 145 valence electrons. The molecule has 1 atom stereocenters. The summed E-state index contributed by atoms with van der Waals surface area (Å²) in [6.07, 6.45) is -2.82. The van der Waals surface area contributed by atoms with Gasteiger partial charge in [0.25, 0.3) is 0 Å². The molecule has 1 unspecified atom stereocenters. The predicted molar refractivity (Wildman–Crippen MR) is 101 cm³/mol. The molecule has 1 aliphatic rings. The number of benzene rings is 3. The van der Waals surface area contributed by atoms with Crippen molar-refractivity contribution < 1.29 is 23.0 Å². The Kier molecular flexibility index (Phi) is 4.79. The lowest BCUT2D eigenvalue weighted by atomic mass is 10.0. The standard InChI is InChI=1S/C22H19F3NO2/c23-22(24,25)16-7-9-18(10-8-16)28-19-5-3-11-26(14-19)21-13-17(27)12-15-4-1-2-6-20(15)21/h1-2,4,6-10,12-13,19H,3,5,11,14H2. The van der Waals surface area contributed by atoms with Gasteiger partial charge in [0.2, 0.25) is 0 Å². The van der Waals surface area contributed by atoms with Crippen molar-refractivity contribution in [3.8, 4) is 11.5 Å². The van der Waals surface area contributed by atoms with Crippen molar-refractivity contribution in [2.45, 2.75) is 25.1 Å². The maximum absolute atomic E-state index is 12.7. The average Bonchev–Trinajstić information content (AvgIpc) is 2.67. The molecular formula is C22H19F3NO2. The number of hydrogen-bond acceptors (Lipinski definition) is 2. The number of alkyl halides is 3. The van der Waals surface area contributed by atoms with Gasteiger partial charge in [-0.3, -0.25) is 5.11 Å². The van der Waals surface area contributed by atoms with Crippen LogP contribution in [0.15, 0.2) is 60.7 Å². The maximum Gasteiger partial charge on any atom is 0.416 e. The van der Waals surface area contributed by atoms with Crippen molar-refractivity contribution in [1.82, 2.24) is 0 Å². The largest absolute Gasteiger partial charge is 0.489 e.